The number of hydrogen-bond donors (Lipinski definition) is 1. The second-order valence-electron chi connectivity index (χ2n) is 8.63. The lowest BCUT2D eigenvalue weighted by atomic mass is 10.1. The lowest BCUT2D eigenvalue weighted by Gasteiger charge is -2.37. The van der Waals surface area contributed by atoms with Gasteiger partial charge in [0.1, 0.15) is 11.9 Å². The van der Waals surface area contributed by atoms with Crippen molar-refractivity contribution in [1.82, 2.24) is 15.1 Å². The number of nitrogens with zero attached hydrogens (tertiary/aromatic N) is 3. The molecule has 0 spiro atoms. The van der Waals surface area contributed by atoms with Crippen LogP contribution in [-0.4, -0.2) is 87.6 Å². The van der Waals surface area contributed by atoms with Crippen LogP contribution < -0.4 is 10.1 Å². The fourth-order valence-corrected chi connectivity index (χ4v) is 4.90. The van der Waals surface area contributed by atoms with Crippen LogP contribution in [-0.2, 0) is 9.47 Å². The van der Waals surface area contributed by atoms with Gasteiger partial charge in [0.15, 0.2) is 5.96 Å². The first kappa shape index (κ1) is 22.4. The summed E-state index contributed by atoms with van der Waals surface area (Å²) in [6.07, 6.45) is 5.13. The van der Waals surface area contributed by atoms with Gasteiger partial charge in [-0.15, -0.1) is 0 Å². The molecule has 1 aromatic rings. The highest BCUT2D eigenvalue weighted by Crippen LogP contribution is 2.27. The molecule has 1 N–H and O–H groups in total. The molecule has 1 aromatic carbocycles. The summed E-state index contributed by atoms with van der Waals surface area (Å²) in [6, 6.07) is 8.78. The number of guanidine groups is 1. The number of rotatable bonds is 7. The highest BCUT2D eigenvalue weighted by atomic mass is 16.5. The Morgan fingerprint density at radius 1 is 1.10 bits per heavy atom. The topological polar surface area (TPSA) is 58.6 Å². The van der Waals surface area contributed by atoms with E-state index in [1.165, 1.54) is 18.4 Å². The van der Waals surface area contributed by atoms with Crippen LogP contribution in [0.1, 0.15) is 44.2 Å². The van der Waals surface area contributed by atoms with Crippen LogP contribution in [0.15, 0.2) is 29.3 Å². The minimum atomic E-state index is 0.135. The number of hydrogen-bond acceptors (Lipinski definition) is 5. The number of nitrogens with one attached hydrogen (secondary N) is 1. The van der Waals surface area contributed by atoms with Gasteiger partial charge < -0.3 is 24.4 Å². The van der Waals surface area contributed by atoms with Gasteiger partial charge in [-0.1, -0.05) is 12.1 Å². The molecule has 0 aromatic heterocycles. The van der Waals surface area contributed by atoms with E-state index in [0.29, 0.717) is 0 Å². The molecule has 0 radical (unpaired) electrons. The van der Waals surface area contributed by atoms with Crippen molar-refractivity contribution in [3.8, 4) is 5.75 Å². The maximum atomic E-state index is 6.05. The van der Waals surface area contributed by atoms with Gasteiger partial charge in [-0.25, -0.2) is 0 Å². The average Bonchev–Trinajstić information content (AvgIpc) is 3.54. The Kier molecular flexibility index (Phi) is 8.05. The first-order chi connectivity index (χ1) is 15.3. The number of aliphatic imine (C=N–C) groups is 1. The average molecular weight is 431 g/mol. The van der Waals surface area contributed by atoms with Gasteiger partial charge in [0.25, 0.3) is 0 Å². The normalized spacial score (nSPS) is 26.3. The zero-order valence-corrected chi connectivity index (χ0v) is 19.1. The monoisotopic (exact) mass is 430 g/mol. The van der Waals surface area contributed by atoms with Crippen molar-refractivity contribution in [3.63, 3.8) is 0 Å². The number of benzene rings is 1. The summed E-state index contributed by atoms with van der Waals surface area (Å²) in [5.74, 6) is 1.89. The first-order valence-electron chi connectivity index (χ1n) is 11.9. The molecule has 7 heteroatoms. The van der Waals surface area contributed by atoms with Gasteiger partial charge in [-0.3, -0.25) is 9.89 Å². The molecule has 0 aliphatic carbocycles. The minimum Gasteiger partial charge on any atom is -0.497 e. The SMILES string of the molecule is CCNC(=NCC(c1ccc(OC)cc1)N1CCCC1)N1CCOC(C2CCCO2)C1. The quantitative estimate of drug-likeness (QED) is 0.530. The Hall–Kier alpha value is -1.83. The van der Waals surface area contributed by atoms with Gasteiger partial charge in [-0.2, -0.15) is 0 Å². The van der Waals surface area contributed by atoms with Gasteiger partial charge >= 0.3 is 0 Å². The van der Waals surface area contributed by atoms with Crippen LogP contribution in [0.25, 0.3) is 0 Å². The van der Waals surface area contributed by atoms with Gasteiger partial charge in [0.2, 0.25) is 0 Å². The van der Waals surface area contributed by atoms with Crippen molar-refractivity contribution in [2.75, 3.05) is 59.6 Å². The van der Waals surface area contributed by atoms with Crippen LogP contribution in [0.2, 0.25) is 0 Å². The van der Waals surface area contributed by atoms with Crippen molar-refractivity contribution in [3.05, 3.63) is 29.8 Å². The molecular formula is C24H38N4O3. The molecule has 172 valence electrons. The highest BCUT2D eigenvalue weighted by molar-refractivity contribution is 5.80. The molecule has 3 saturated heterocycles. The summed E-state index contributed by atoms with van der Waals surface area (Å²) in [5.41, 5.74) is 1.31. The Morgan fingerprint density at radius 3 is 2.55 bits per heavy atom. The van der Waals surface area contributed by atoms with Gasteiger partial charge in [0, 0.05) is 26.2 Å². The molecule has 4 rings (SSSR count). The highest BCUT2D eigenvalue weighted by Gasteiger charge is 2.32. The fraction of sp³-hybridized carbons (Fsp3) is 0.708. The number of ether oxygens (including phenoxy) is 3. The maximum absolute atomic E-state index is 6.05. The Bertz CT molecular complexity index is 699. The van der Waals surface area contributed by atoms with Crippen molar-refractivity contribution in [2.45, 2.75) is 50.9 Å². The third-order valence-corrected chi connectivity index (χ3v) is 6.60. The molecule has 3 aliphatic rings. The van der Waals surface area contributed by atoms with Crippen molar-refractivity contribution in [1.29, 1.82) is 0 Å². The van der Waals surface area contributed by atoms with E-state index in [0.717, 1.165) is 77.0 Å². The Balaban J connectivity index is 1.48. The second kappa shape index (κ2) is 11.2. The van der Waals surface area contributed by atoms with E-state index in [1.54, 1.807) is 7.11 Å². The predicted molar refractivity (Wildman–Crippen MR) is 123 cm³/mol. The summed E-state index contributed by atoms with van der Waals surface area (Å²) < 4.78 is 17.3. The molecule has 0 amide bonds. The molecular weight excluding hydrogens is 392 g/mol. The van der Waals surface area contributed by atoms with E-state index in [9.17, 15) is 0 Å². The number of methoxy groups -OCH3 is 1. The molecule has 3 fully saturated rings. The smallest absolute Gasteiger partial charge is 0.194 e. The van der Waals surface area contributed by atoms with Crippen LogP contribution in [0, 0.1) is 0 Å². The number of likely N-dealkylation sites (tertiary alicyclic amines) is 1. The lowest BCUT2D eigenvalue weighted by molar-refractivity contribution is -0.0817. The fourth-order valence-electron chi connectivity index (χ4n) is 4.90. The first-order valence-corrected chi connectivity index (χ1v) is 11.9. The van der Waals surface area contributed by atoms with Crippen LogP contribution in [0.4, 0.5) is 0 Å². The molecule has 0 bridgehead atoms. The number of morpholine rings is 1. The van der Waals surface area contributed by atoms with E-state index in [4.69, 9.17) is 19.2 Å². The lowest BCUT2D eigenvalue weighted by Crippen LogP contribution is -2.53. The molecule has 3 aliphatic heterocycles. The maximum Gasteiger partial charge on any atom is 0.194 e. The zero-order valence-electron chi connectivity index (χ0n) is 19.1. The van der Waals surface area contributed by atoms with Crippen LogP contribution in [0.3, 0.4) is 0 Å². The summed E-state index contributed by atoms with van der Waals surface area (Å²) in [4.78, 5) is 10.1. The molecule has 3 atom stereocenters. The zero-order chi connectivity index (χ0) is 21.5. The van der Waals surface area contributed by atoms with E-state index < -0.39 is 0 Å². The van der Waals surface area contributed by atoms with E-state index in [2.05, 4.69) is 46.3 Å². The Labute approximate surface area is 186 Å². The second-order valence-corrected chi connectivity index (χ2v) is 8.63. The van der Waals surface area contributed by atoms with E-state index in [-0.39, 0.29) is 18.2 Å². The van der Waals surface area contributed by atoms with Crippen molar-refractivity contribution < 1.29 is 14.2 Å². The molecule has 0 saturated carbocycles. The van der Waals surface area contributed by atoms with E-state index >= 15 is 0 Å². The molecule has 3 heterocycles. The van der Waals surface area contributed by atoms with Crippen LogP contribution >= 0.6 is 0 Å². The third-order valence-electron chi connectivity index (χ3n) is 6.60. The largest absolute Gasteiger partial charge is 0.497 e. The van der Waals surface area contributed by atoms with Crippen molar-refractivity contribution >= 4 is 5.96 Å². The molecule has 3 unspecified atom stereocenters. The standard InChI is InChI=1S/C24H38N4O3/c1-3-25-24(28-14-16-31-23(18-28)22-7-6-15-30-22)26-17-21(27-12-4-5-13-27)19-8-10-20(29-2)11-9-19/h8-11,21-23H,3-7,12-18H2,1-2H3,(H,25,26). The summed E-state index contributed by atoms with van der Waals surface area (Å²) in [7, 11) is 1.71. The predicted octanol–water partition coefficient (Wildman–Crippen LogP) is 2.68. The minimum absolute atomic E-state index is 0.135. The molecule has 31 heavy (non-hydrogen) atoms. The third kappa shape index (κ3) is 5.70. The van der Waals surface area contributed by atoms with E-state index in [1.807, 2.05) is 0 Å². The molecule has 7 nitrogen and oxygen atoms in total. The summed E-state index contributed by atoms with van der Waals surface area (Å²) >= 11 is 0. The van der Waals surface area contributed by atoms with Gasteiger partial charge in [-0.05, 0) is 63.4 Å². The summed E-state index contributed by atoms with van der Waals surface area (Å²) in [6.45, 7) is 9.31. The van der Waals surface area contributed by atoms with Crippen LogP contribution in [0.5, 0.6) is 5.75 Å². The Morgan fingerprint density at radius 2 is 1.87 bits per heavy atom. The van der Waals surface area contributed by atoms with Crippen molar-refractivity contribution in [2.24, 2.45) is 4.99 Å². The van der Waals surface area contributed by atoms with Gasteiger partial charge in [0.05, 0.1) is 32.4 Å². The summed E-state index contributed by atoms with van der Waals surface area (Å²) in [5, 5.41) is 3.52.